The van der Waals surface area contributed by atoms with Crippen LogP contribution in [0.2, 0.25) is 0 Å². The number of carbonyl (C=O) groups excluding carboxylic acids is 2. The van der Waals surface area contributed by atoms with E-state index >= 15 is 0 Å². The summed E-state index contributed by atoms with van der Waals surface area (Å²) < 4.78 is 5.80. The SMILES string of the molecule is CCCCC1=C(C(=O)OC)C(c2cccc(Br)c2)NC(=O)N1. The average Bonchev–Trinajstić information content (AvgIpc) is 2.51. The minimum Gasteiger partial charge on any atom is -0.466 e. The lowest BCUT2D eigenvalue weighted by Crippen LogP contribution is -2.45. The molecular formula is C16H19BrN2O3. The lowest BCUT2D eigenvalue weighted by Gasteiger charge is -2.29. The summed E-state index contributed by atoms with van der Waals surface area (Å²) in [7, 11) is 1.35. The molecule has 1 heterocycles. The first-order valence-electron chi connectivity index (χ1n) is 7.21. The number of nitrogens with one attached hydrogen (secondary N) is 2. The Hall–Kier alpha value is -1.82. The summed E-state index contributed by atoms with van der Waals surface area (Å²) in [6.07, 6.45) is 2.50. The first kappa shape index (κ1) is 16.5. The summed E-state index contributed by atoms with van der Waals surface area (Å²) in [6.45, 7) is 2.06. The molecule has 1 atom stereocenters. The van der Waals surface area contributed by atoms with E-state index in [9.17, 15) is 9.59 Å². The summed E-state index contributed by atoms with van der Waals surface area (Å²) in [5.74, 6) is -0.427. The minimum absolute atomic E-state index is 0.302. The molecule has 1 unspecified atom stereocenters. The Morgan fingerprint density at radius 2 is 2.18 bits per heavy atom. The topological polar surface area (TPSA) is 67.4 Å². The van der Waals surface area contributed by atoms with Gasteiger partial charge in [-0.3, -0.25) is 0 Å². The number of amides is 2. The van der Waals surface area contributed by atoms with Gasteiger partial charge in [0, 0.05) is 10.2 Å². The molecule has 0 aromatic heterocycles. The predicted octanol–water partition coefficient (Wildman–Crippen LogP) is 3.42. The first-order valence-corrected chi connectivity index (χ1v) is 8.00. The van der Waals surface area contributed by atoms with E-state index in [0.717, 1.165) is 22.9 Å². The van der Waals surface area contributed by atoms with Crippen LogP contribution in [-0.2, 0) is 9.53 Å². The maximum Gasteiger partial charge on any atom is 0.337 e. The van der Waals surface area contributed by atoms with Gasteiger partial charge < -0.3 is 15.4 Å². The van der Waals surface area contributed by atoms with E-state index in [1.165, 1.54) is 7.11 Å². The highest BCUT2D eigenvalue weighted by Gasteiger charge is 2.33. The van der Waals surface area contributed by atoms with Gasteiger partial charge in [-0.05, 0) is 30.5 Å². The smallest absolute Gasteiger partial charge is 0.337 e. The predicted molar refractivity (Wildman–Crippen MR) is 87.1 cm³/mol. The minimum atomic E-state index is -0.509. The van der Waals surface area contributed by atoms with Crippen molar-refractivity contribution in [2.45, 2.75) is 32.2 Å². The standard InChI is InChI=1S/C16H19BrN2O3/c1-3-4-8-12-13(15(20)22-2)14(19-16(21)18-12)10-6-5-7-11(17)9-10/h5-7,9,14H,3-4,8H2,1-2H3,(H2,18,19,21). The van der Waals surface area contributed by atoms with E-state index in [4.69, 9.17) is 4.74 Å². The summed E-state index contributed by atoms with van der Waals surface area (Å²) in [5.41, 5.74) is 1.94. The van der Waals surface area contributed by atoms with Gasteiger partial charge in [0.05, 0.1) is 18.7 Å². The molecule has 0 fully saturated rings. The van der Waals surface area contributed by atoms with Crippen molar-refractivity contribution >= 4 is 27.9 Å². The second kappa shape index (κ2) is 7.45. The third kappa shape index (κ3) is 3.68. The van der Waals surface area contributed by atoms with Gasteiger partial charge in [0.1, 0.15) is 0 Å². The van der Waals surface area contributed by atoms with Crippen molar-refractivity contribution in [1.29, 1.82) is 0 Å². The Bertz CT molecular complexity index is 613. The Balaban J connectivity index is 2.48. The number of benzene rings is 1. The maximum absolute atomic E-state index is 12.2. The van der Waals surface area contributed by atoms with Crippen LogP contribution in [0.1, 0.15) is 37.8 Å². The summed E-state index contributed by atoms with van der Waals surface area (Å²) >= 11 is 3.41. The van der Waals surface area contributed by atoms with Crippen LogP contribution in [0.15, 0.2) is 40.0 Å². The summed E-state index contributed by atoms with van der Waals surface area (Å²) in [6, 6.07) is 6.72. The normalized spacial score (nSPS) is 17.8. The third-order valence-corrected chi connectivity index (χ3v) is 4.01. The molecule has 0 spiro atoms. The molecule has 2 rings (SSSR count). The van der Waals surface area contributed by atoms with Gasteiger partial charge in [-0.25, -0.2) is 9.59 Å². The van der Waals surface area contributed by atoms with Crippen LogP contribution >= 0.6 is 15.9 Å². The van der Waals surface area contributed by atoms with Crippen molar-refractivity contribution in [3.8, 4) is 0 Å². The van der Waals surface area contributed by atoms with Crippen molar-refractivity contribution in [3.05, 3.63) is 45.6 Å². The zero-order valence-corrected chi connectivity index (χ0v) is 14.2. The Labute approximate surface area is 138 Å². The van der Waals surface area contributed by atoms with E-state index in [1.54, 1.807) is 0 Å². The molecule has 6 heteroatoms. The Morgan fingerprint density at radius 1 is 1.41 bits per heavy atom. The van der Waals surface area contributed by atoms with Crippen molar-refractivity contribution in [1.82, 2.24) is 10.6 Å². The first-order chi connectivity index (χ1) is 10.6. The van der Waals surface area contributed by atoms with Crippen LogP contribution in [0, 0.1) is 0 Å². The van der Waals surface area contributed by atoms with Gasteiger partial charge >= 0.3 is 12.0 Å². The molecule has 1 aliphatic heterocycles. The molecule has 1 aliphatic rings. The number of unbranched alkanes of at least 4 members (excludes halogenated alkanes) is 1. The highest BCUT2D eigenvalue weighted by molar-refractivity contribution is 9.10. The lowest BCUT2D eigenvalue weighted by atomic mass is 9.93. The number of rotatable bonds is 5. The highest BCUT2D eigenvalue weighted by atomic mass is 79.9. The second-order valence-electron chi connectivity index (χ2n) is 5.07. The average molecular weight is 367 g/mol. The van der Waals surface area contributed by atoms with Crippen molar-refractivity contribution in [3.63, 3.8) is 0 Å². The van der Waals surface area contributed by atoms with Gasteiger partial charge in [-0.1, -0.05) is 41.4 Å². The number of methoxy groups -OCH3 is 1. The molecule has 22 heavy (non-hydrogen) atoms. The highest BCUT2D eigenvalue weighted by Crippen LogP contribution is 2.30. The zero-order valence-electron chi connectivity index (χ0n) is 12.6. The molecule has 0 aliphatic carbocycles. The summed E-state index contributed by atoms with van der Waals surface area (Å²) in [5, 5.41) is 5.55. The van der Waals surface area contributed by atoms with Crippen LogP contribution in [0.25, 0.3) is 0 Å². The Morgan fingerprint density at radius 3 is 2.82 bits per heavy atom. The molecular weight excluding hydrogens is 348 g/mol. The quantitative estimate of drug-likeness (QED) is 0.784. The van der Waals surface area contributed by atoms with E-state index in [-0.39, 0.29) is 6.03 Å². The number of allylic oxidation sites excluding steroid dienone is 1. The van der Waals surface area contributed by atoms with Crippen LogP contribution < -0.4 is 10.6 Å². The van der Waals surface area contributed by atoms with Gasteiger partial charge in [0.25, 0.3) is 0 Å². The van der Waals surface area contributed by atoms with Crippen molar-refractivity contribution < 1.29 is 14.3 Å². The molecule has 0 bridgehead atoms. The van der Waals surface area contributed by atoms with Gasteiger partial charge in [0.15, 0.2) is 0 Å². The number of esters is 1. The van der Waals surface area contributed by atoms with Gasteiger partial charge in [-0.2, -0.15) is 0 Å². The monoisotopic (exact) mass is 366 g/mol. The molecule has 0 saturated heterocycles. The van der Waals surface area contributed by atoms with Crippen molar-refractivity contribution in [2.24, 2.45) is 0 Å². The van der Waals surface area contributed by atoms with Gasteiger partial charge in [-0.15, -0.1) is 0 Å². The van der Waals surface area contributed by atoms with Crippen LogP contribution in [0.5, 0.6) is 0 Å². The van der Waals surface area contributed by atoms with Crippen LogP contribution in [-0.4, -0.2) is 19.1 Å². The van der Waals surface area contributed by atoms with E-state index < -0.39 is 12.0 Å². The molecule has 0 radical (unpaired) electrons. The summed E-state index contributed by atoms with van der Waals surface area (Å²) in [4.78, 5) is 24.2. The van der Waals surface area contributed by atoms with E-state index in [0.29, 0.717) is 17.7 Å². The number of urea groups is 1. The van der Waals surface area contributed by atoms with Crippen LogP contribution in [0.4, 0.5) is 4.79 Å². The molecule has 1 aromatic rings. The number of ether oxygens (including phenoxy) is 1. The third-order valence-electron chi connectivity index (χ3n) is 3.52. The molecule has 5 nitrogen and oxygen atoms in total. The molecule has 2 amide bonds. The number of halogens is 1. The zero-order chi connectivity index (χ0) is 16.1. The number of hydrogen-bond acceptors (Lipinski definition) is 3. The van der Waals surface area contributed by atoms with Gasteiger partial charge in [0.2, 0.25) is 0 Å². The largest absolute Gasteiger partial charge is 0.466 e. The van der Waals surface area contributed by atoms with E-state index in [2.05, 4.69) is 33.5 Å². The maximum atomic E-state index is 12.2. The molecule has 0 saturated carbocycles. The van der Waals surface area contributed by atoms with Crippen LogP contribution in [0.3, 0.4) is 0 Å². The fraction of sp³-hybridized carbons (Fsp3) is 0.375. The number of hydrogen-bond donors (Lipinski definition) is 2. The molecule has 1 aromatic carbocycles. The lowest BCUT2D eigenvalue weighted by molar-refractivity contribution is -0.136. The fourth-order valence-corrected chi connectivity index (χ4v) is 2.87. The van der Waals surface area contributed by atoms with Crippen molar-refractivity contribution in [2.75, 3.05) is 7.11 Å². The number of carbonyl (C=O) groups is 2. The van der Waals surface area contributed by atoms with E-state index in [1.807, 2.05) is 24.3 Å². The molecule has 2 N–H and O–H groups in total. The fourth-order valence-electron chi connectivity index (χ4n) is 2.46. The second-order valence-corrected chi connectivity index (χ2v) is 5.99. The Kier molecular flexibility index (Phi) is 5.60. The molecule has 118 valence electrons.